The summed E-state index contributed by atoms with van der Waals surface area (Å²) in [5.41, 5.74) is 4.13. The number of carbonyl (C=O) groups is 2. The molecular formula is C34H41F2N3O3. The van der Waals surface area contributed by atoms with Crippen molar-refractivity contribution >= 4 is 11.8 Å². The Balaban J connectivity index is 1.49. The van der Waals surface area contributed by atoms with Crippen molar-refractivity contribution in [2.75, 3.05) is 13.1 Å². The summed E-state index contributed by atoms with van der Waals surface area (Å²) in [5, 5.41) is 16.9. The molecule has 1 saturated heterocycles. The van der Waals surface area contributed by atoms with Gasteiger partial charge in [0, 0.05) is 49.3 Å². The molecule has 3 aromatic rings. The van der Waals surface area contributed by atoms with E-state index in [0.29, 0.717) is 36.3 Å². The van der Waals surface area contributed by atoms with E-state index in [0.717, 1.165) is 49.3 Å². The summed E-state index contributed by atoms with van der Waals surface area (Å²) >= 11 is 0. The number of aliphatic hydroxyl groups excluding tert-OH is 1. The van der Waals surface area contributed by atoms with E-state index in [1.165, 1.54) is 17.7 Å². The Hall–Kier alpha value is -3.62. The van der Waals surface area contributed by atoms with Gasteiger partial charge in [0.25, 0.3) is 11.8 Å². The van der Waals surface area contributed by atoms with E-state index in [-0.39, 0.29) is 18.7 Å². The van der Waals surface area contributed by atoms with Gasteiger partial charge in [0.05, 0.1) is 0 Å². The van der Waals surface area contributed by atoms with E-state index >= 15 is 0 Å². The van der Waals surface area contributed by atoms with E-state index in [1.54, 1.807) is 18.2 Å². The van der Waals surface area contributed by atoms with Gasteiger partial charge in [0.1, 0.15) is 17.9 Å². The minimum absolute atomic E-state index is 0.0896. The first kappa shape index (κ1) is 31.3. The van der Waals surface area contributed by atoms with Gasteiger partial charge in [-0.3, -0.25) is 14.9 Å². The second-order valence-electron chi connectivity index (χ2n) is 11.3. The van der Waals surface area contributed by atoms with Crippen molar-refractivity contribution in [1.29, 1.82) is 0 Å². The van der Waals surface area contributed by atoms with Crippen LogP contribution in [0.15, 0.2) is 60.7 Å². The fraction of sp³-hybridized carbons (Fsp3) is 0.412. The molecule has 6 nitrogen and oxygen atoms in total. The molecule has 0 bridgehead atoms. The van der Waals surface area contributed by atoms with Gasteiger partial charge in [-0.25, -0.2) is 8.78 Å². The lowest BCUT2D eigenvalue weighted by Gasteiger charge is -2.24. The van der Waals surface area contributed by atoms with Crippen molar-refractivity contribution in [3.05, 3.63) is 106 Å². The minimum Gasteiger partial charge on any atom is -0.379 e. The first-order valence-electron chi connectivity index (χ1n) is 14.9. The second-order valence-corrected chi connectivity index (χ2v) is 11.3. The van der Waals surface area contributed by atoms with Gasteiger partial charge in [-0.1, -0.05) is 44.0 Å². The third kappa shape index (κ3) is 9.19. The molecular weight excluding hydrogens is 536 g/mol. The molecule has 0 radical (unpaired) electrons. The molecule has 0 saturated carbocycles. The number of carbonyl (C=O) groups excluding carboxylic acids is 2. The van der Waals surface area contributed by atoms with Crippen molar-refractivity contribution in [3.63, 3.8) is 0 Å². The van der Waals surface area contributed by atoms with Gasteiger partial charge in [0.2, 0.25) is 0 Å². The molecule has 4 rings (SSSR count). The maximum Gasteiger partial charge on any atom is 0.253 e. The first-order chi connectivity index (χ1) is 20.2. The smallest absolute Gasteiger partial charge is 0.253 e. The quantitative estimate of drug-likeness (QED) is 0.256. The number of benzene rings is 3. The van der Waals surface area contributed by atoms with Crippen LogP contribution in [0.1, 0.15) is 82.0 Å². The zero-order valence-electron chi connectivity index (χ0n) is 24.5. The summed E-state index contributed by atoms with van der Waals surface area (Å²) in [5.74, 6) is -1.93. The van der Waals surface area contributed by atoms with Crippen LogP contribution in [0.3, 0.4) is 0 Å². The van der Waals surface area contributed by atoms with Gasteiger partial charge in [-0.15, -0.1) is 0 Å². The van der Waals surface area contributed by atoms with Crippen molar-refractivity contribution in [1.82, 2.24) is 15.5 Å². The predicted molar refractivity (Wildman–Crippen MR) is 160 cm³/mol. The third-order valence-corrected chi connectivity index (χ3v) is 7.67. The van der Waals surface area contributed by atoms with Gasteiger partial charge in [-0.2, -0.15) is 0 Å². The summed E-state index contributed by atoms with van der Waals surface area (Å²) in [4.78, 5) is 28.6. The lowest BCUT2D eigenvalue weighted by Crippen LogP contribution is -2.42. The lowest BCUT2D eigenvalue weighted by molar-refractivity contribution is 0.0761. The largest absolute Gasteiger partial charge is 0.379 e. The fourth-order valence-corrected chi connectivity index (χ4v) is 5.52. The number of likely N-dealkylation sites (tertiary alicyclic amines) is 1. The molecule has 0 spiro atoms. The van der Waals surface area contributed by atoms with Crippen molar-refractivity contribution in [2.45, 2.75) is 77.6 Å². The van der Waals surface area contributed by atoms with E-state index < -0.39 is 29.8 Å². The molecule has 8 heteroatoms. The normalized spacial score (nSPS) is 15.1. The summed E-state index contributed by atoms with van der Waals surface area (Å²) < 4.78 is 27.9. The third-order valence-electron chi connectivity index (χ3n) is 7.67. The molecule has 0 aromatic heterocycles. The Bertz CT molecular complexity index is 1350. The van der Waals surface area contributed by atoms with Gasteiger partial charge >= 0.3 is 0 Å². The molecule has 1 unspecified atom stereocenters. The number of nitrogens with one attached hydrogen (secondary N) is 2. The Kier molecular flexibility index (Phi) is 11.2. The SMILES string of the molecule is CCc1cccc(CNC(O)C[C@H](Cc2cc(F)cc(F)c2)NC(=O)c2cc(C)cc(C(=O)N3CCCCCC3)c2)c1. The van der Waals surface area contributed by atoms with Crippen LogP contribution in [0.5, 0.6) is 0 Å². The van der Waals surface area contributed by atoms with Crippen LogP contribution in [-0.4, -0.2) is 47.2 Å². The topological polar surface area (TPSA) is 81.7 Å². The van der Waals surface area contributed by atoms with Crippen molar-refractivity contribution in [2.24, 2.45) is 0 Å². The number of aryl methyl sites for hydroxylation is 2. The summed E-state index contributed by atoms with van der Waals surface area (Å²) in [6.45, 7) is 5.74. The number of halogens is 2. The van der Waals surface area contributed by atoms with Crippen LogP contribution in [0.25, 0.3) is 0 Å². The maximum absolute atomic E-state index is 14.0. The van der Waals surface area contributed by atoms with Crippen molar-refractivity contribution < 1.29 is 23.5 Å². The zero-order chi connectivity index (χ0) is 30.1. The molecule has 1 heterocycles. The van der Waals surface area contributed by atoms with Gasteiger partial charge in [-0.05, 0) is 85.2 Å². The molecule has 3 N–H and O–H groups in total. The number of hydrogen-bond acceptors (Lipinski definition) is 4. The molecule has 1 fully saturated rings. The standard InChI is InChI=1S/C34H41F2N3O3/c1-3-24-9-8-10-25(15-24)22-37-32(40)21-31(18-26-16-29(35)20-30(36)17-26)38-33(41)27-13-23(2)14-28(19-27)34(42)39-11-6-4-5-7-12-39/h8-10,13-17,19-20,31-32,37,40H,3-7,11-12,18,21-22H2,1-2H3,(H,38,41)/t31-,32?/m0/s1. The number of aliphatic hydroxyl groups is 1. The van der Waals surface area contributed by atoms with E-state index in [1.807, 2.05) is 30.0 Å². The second kappa shape index (κ2) is 15.0. The lowest BCUT2D eigenvalue weighted by atomic mass is 10.00. The molecule has 1 aliphatic heterocycles. The molecule has 224 valence electrons. The number of amides is 2. The fourth-order valence-electron chi connectivity index (χ4n) is 5.52. The number of rotatable bonds is 11. The molecule has 42 heavy (non-hydrogen) atoms. The summed E-state index contributed by atoms with van der Waals surface area (Å²) in [6, 6.07) is 15.8. The molecule has 2 atom stereocenters. The van der Waals surface area contributed by atoms with E-state index in [2.05, 4.69) is 23.6 Å². The van der Waals surface area contributed by atoms with Crippen LogP contribution < -0.4 is 10.6 Å². The monoisotopic (exact) mass is 577 g/mol. The summed E-state index contributed by atoms with van der Waals surface area (Å²) in [7, 11) is 0. The Morgan fingerprint density at radius 3 is 2.24 bits per heavy atom. The Labute approximate surface area is 247 Å². The molecule has 1 aliphatic rings. The van der Waals surface area contributed by atoms with Crippen LogP contribution in [-0.2, 0) is 19.4 Å². The Morgan fingerprint density at radius 1 is 0.881 bits per heavy atom. The number of hydrogen-bond donors (Lipinski definition) is 3. The zero-order valence-corrected chi connectivity index (χ0v) is 24.5. The summed E-state index contributed by atoms with van der Waals surface area (Å²) in [6.07, 6.45) is 4.26. The minimum atomic E-state index is -0.989. The van der Waals surface area contributed by atoms with Crippen LogP contribution in [0, 0.1) is 18.6 Å². The molecule has 3 aromatic carbocycles. The highest BCUT2D eigenvalue weighted by Gasteiger charge is 2.22. The first-order valence-corrected chi connectivity index (χ1v) is 14.9. The highest BCUT2D eigenvalue weighted by Crippen LogP contribution is 2.18. The predicted octanol–water partition coefficient (Wildman–Crippen LogP) is 5.69. The highest BCUT2D eigenvalue weighted by molar-refractivity contribution is 6.00. The van der Waals surface area contributed by atoms with Crippen LogP contribution >= 0.6 is 0 Å². The van der Waals surface area contributed by atoms with Gasteiger partial charge in [0.15, 0.2) is 0 Å². The highest BCUT2D eigenvalue weighted by atomic mass is 19.1. The average Bonchev–Trinajstić information content (AvgIpc) is 3.24. The Morgan fingerprint density at radius 2 is 1.55 bits per heavy atom. The number of nitrogens with zero attached hydrogens (tertiary/aromatic N) is 1. The van der Waals surface area contributed by atoms with E-state index in [4.69, 9.17) is 0 Å². The van der Waals surface area contributed by atoms with E-state index in [9.17, 15) is 23.5 Å². The molecule has 0 aliphatic carbocycles. The maximum atomic E-state index is 14.0. The molecule has 2 amide bonds. The average molecular weight is 578 g/mol. The van der Waals surface area contributed by atoms with Gasteiger partial charge < -0.3 is 15.3 Å². The van der Waals surface area contributed by atoms with Crippen LogP contribution in [0.4, 0.5) is 8.78 Å². The van der Waals surface area contributed by atoms with Crippen molar-refractivity contribution in [3.8, 4) is 0 Å². The van der Waals surface area contributed by atoms with Crippen LogP contribution in [0.2, 0.25) is 0 Å².